The Hall–Kier alpha value is -1.35. The summed E-state index contributed by atoms with van der Waals surface area (Å²) < 4.78 is 0. The van der Waals surface area contributed by atoms with Crippen molar-refractivity contribution in [1.82, 2.24) is 5.32 Å². The predicted octanol–water partition coefficient (Wildman–Crippen LogP) is 2.77. The van der Waals surface area contributed by atoms with Crippen LogP contribution in [0.3, 0.4) is 0 Å². The SMILES string of the molecule is CCC(NC(=O)C1(C)CCCC1N)c1ccccc1. The number of hydrogen-bond donors (Lipinski definition) is 2. The van der Waals surface area contributed by atoms with Crippen LogP contribution in [0.15, 0.2) is 30.3 Å². The number of nitrogens with two attached hydrogens (primary N) is 1. The first-order chi connectivity index (χ1) is 9.08. The van der Waals surface area contributed by atoms with Gasteiger partial charge in [0.1, 0.15) is 0 Å². The van der Waals surface area contributed by atoms with E-state index >= 15 is 0 Å². The van der Waals surface area contributed by atoms with Crippen LogP contribution < -0.4 is 11.1 Å². The zero-order valence-corrected chi connectivity index (χ0v) is 11.9. The van der Waals surface area contributed by atoms with Crippen molar-refractivity contribution < 1.29 is 4.79 Å². The molecule has 1 saturated carbocycles. The molecule has 19 heavy (non-hydrogen) atoms. The van der Waals surface area contributed by atoms with Gasteiger partial charge in [0, 0.05) is 6.04 Å². The van der Waals surface area contributed by atoms with Crippen molar-refractivity contribution in [2.45, 2.75) is 51.6 Å². The second kappa shape index (κ2) is 5.74. The second-order valence-electron chi connectivity index (χ2n) is 5.76. The highest BCUT2D eigenvalue weighted by Gasteiger charge is 2.43. The number of hydrogen-bond acceptors (Lipinski definition) is 2. The highest BCUT2D eigenvalue weighted by Crippen LogP contribution is 2.37. The Labute approximate surface area is 115 Å². The number of amides is 1. The van der Waals surface area contributed by atoms with Crippen molar-refractivity contribution in [2.24, 2.45) is 11.1 Å². The molecule has 3 heteroatoms. The smallest absolute Gasteiger partial charge is 0.227 e. The van der Waals surface area contributed by atoms with E-state index in [1.54, 1.807) is 0 Å². The van der Waals surface area contributed by atoms with Gasteiger partial charge in [0.15, 0.2) is 0 Å². The zero-order chi connectivity index (χ0) is 13.9. The molecule has 0 heterocycles. The molecule has 0 bridgehead atoms. The second-order valence-corrected chi connectivity index (χ2v) is 5.76. The molecule has 0 aliphatic heterocycles. The molecule has 1 aliphatic rings. The van der Waals surface area contributed by atoms with E-state index < -0.39 is 5.41 Å². The summed E-state index contributed by atoms with van der Waals surface area (Å²) in [6.07, 6.45) is 3.78. The van der Waals surface area contributed by atoms with Gasteiger partial charge < -0.3 is 11.1 Å². The molecule has 3 N–H and O–H groups in total. The lowest BCUT2D eigenvalue weighted by atomic mass is 9.83. The van der Waals surface area contributed by atoms with E-state index in [1.165, 1.54) is 0 Å². The van der Waals surface area contributed by atoms with Gasteiger partial charge in [-0.25, -0.2) is 0 Å². The average Bonchev–Trinajstić information content (AvgIpc) is 2.78. The molecule has 3 atom stereocenters. The lowest BCUT2D eigenvalue weighted by Crippen LogP contribution is -2.48. The summed E-state index contributed by atoms with van der Waals surface area (Å²) in [6, 6.07) is 10.2. The Balaban J connectivity index is 2.09. The largest absolute Gasteiger partial charge is 0.349 e. The van der Waals surface area contributed by atoms with Gasteiger partial charge in [-0.1, -0.05) is 43.7 Å². The molecule has 3 nitrogen and oxygen atoms in total. The molecule has 3 unspecified atom stereocenters. The maximum absolute atomic E-state index is 12.5. The van der Waals surface area contributed by atoms with E-state index in [0.717, 1.165) is 31.2 Å². The van der Waals surface area contributed by atoms with Crippen LogP contribution in [0.5, 0.6) is 0 Å². The zero-order valence-electron chi connectivity index (χ0n) is 11.9. The molecule has 104 valence electrons. The Bertz CT molecular complexity index is 432. The minimum atomic E-state index is -0.401. The van der Waals surface area contributed by atoms with Crippen LogP contribution in [0.25, 0.3) is 0 Å². The molecular formula is C16H24N2O. The maximum Gasteiger partial charge on any atom is 0.227 e. The van der Waals surface area contributed by atoms with Crippen molar-refractivity contribution in [3.63, 3.8) is 0 Å². The minimum absolute atomic E-state index is 0.0132. The van der Waals surface area contributed by atoms with Crippen molar-refractivity contribution in [3.8, 4) is 0 Å². The first kappa shape index (κ1) is 14.1. The van der Waals surface area contributed by atoms with Crippen molar-refractivity contribution >= 4 is 5.91 Å². The number of benzene rings is 1. The molecule has 1 aliphatic carbocycles. The molecule has 1 fully saturated rings. The van der Waals surface area contributed by atoms with E-state index in [-0.39, 0.29) is 18.0 Å². The molecule has 0 spiro atoms. The lowest BCUT2D eigenvalue weighted by molar-refractivity contribution is -0.131. The predicted molar refractivity (Wildman–Crippen MR) is 77.6 cm³/mol. The van der Waals surface area contributed by atoms with Crippen LogP contribution in [-0.4, -0.2) is 11.9 Å². The lowest BCUT2D eigenvalue weighted by Gasteiger charge is -2.30. The highest BCUT2D eigenvalue weighted by molar-refractivity contribution is 5.83. The third kappa shape index (κ3) is 2.81. The average molecular weight is 260 g/mol. The molecule has 0 radical (unpaired) electrons. The fourth-order valence-corrected chi connectivity index (χ4v) is 2.90. The molecule has 0 aromatic heterocycles. The van der Waals surface area contributed by atoms with E-state index in [0.29, 0.717) is 0 Å². The molecule has 2 rings (SSSR count). The third-order valence-corrected chi connectivity index (χ3v) is 4.46. The topological polar surface area (TPSA) is 55.1 Å². The summed E-state index contributed by atoms with van der Waals surface area (Å²) >= 11 is 0. The molecule has 1 aromatic rings. The van der Waals surface area contributed by atoms with Crippen LogP contribution in [0, 0.1) is 5.41 Å². The van der Waals surface area contributed by atoms with E-state index in [1.807, 2.05) is 25.1 Å². The Kier molecular flexibility index (Phi) is 4.25. The molecular weight excluding hydrogens is 236 g/mol. The maximum atomic E-state index is 12.5. The number of carbonyl (C=O) groups excluding carboxylic acids is 1. The van der Waals surface area contributed by atoms with Crippen molar-refractivity contribution in [3.05, 3.63) is 35.9 Å². The van der Waals surface area contributed by atoms with Crippen LogP contribution in [0.4, 0.5) is 0 Å². The van der Waals surface area contributed by atoms with Gasteiger partial charge >= 0.3 is 0 Å². The van der Waals surface area contributed by atoms with Crippen molar-refractivity contribution in [1.29, 1.82) is 0 Å². The van der Waals surface area contributed by atoms with E-state index in [2.05, 4.69) is 24.4 Å². The van der Waals surface area contributed by atoms with Crippen molar-refractivity contribution in [2.75, 3.05) is 0 Å². The van der Waals surface area contributed by atoms with Gasteiger partial charge in [0.05, 0.1) is 11.5 Å². The minimum Gasteiger partial charge on any atom is -0.349 e. The summed E-state index contributed by atoms with van der Waals surface area (Å²) in [5, 5.41) is 3.18. The van der Waals surface area contributed by atoms with Gasteiger partial charge in [-0.3, -0.25) is 4.79 Å². The number of nitrogens with one attached hydrogen (secondary N) is 1. The monoisotopic (exact) mass is 260 g/mol. The van der Waals surface area contributed by atoms with Crippen LogP contribution in [0.1, 0.15) is 51.1 Å². The third-order valence-electron chi connectivity index (χ3n) is 4.46. The Morgan fingerprint density at radius 3 is 2.68 bits per heavy atom. The standard InChI is InChI=1S/C16H24N2O/c1-3-13(12-8-5-4-6-9-12)18-15(19)16(2)11-7-10-14(16)17/h4-6,8-9,13-14H,3,7,10-11,17H2,1-2H3,(H,18,19). The van der Waals surface area contributed by atoms with Crippen LogP contribution in [0.2, 0.25) is 0 Å². The van der Waals surface area contributed by atoms with Gasteiger partial charge in [-0.2, -0.15) is 0 Å². The number of rotatable bonds is 4. The van der Waals surface area contributed by atoms with E-state index in [4.69, 9.17) is 5.73 Å². The van der Waals surface area contributed by atoms with Crippen LogP contribution in [-0.2, 0) is 4.79 Å². The fourth-order valence-electron chi connectivity index (χ4n) is 2.90. The summed E-state index contributed by atoms with van der Waals surface area (Å²) in [5.74, 6) is 0.105. The highest BCUT2D eigenvalue weighted by atomic mass is 16.2. The normalized spacial score (nSPS) is 28.1. The van der Waals surface area contributed by atoms with Gasteiger partial charge in [-0.15, -0.1) is 0 Å². The van der Waals surface area contributed by atoms with Gasteiger partial charge in [-0.05, 0) is 31.7 Å². The number of carbonyl (C=O) groups is 1. The quantitative estimate of drug-likeness (QED) is 0.874. The molecule has 0 saturated heterocycles. The Morgan fingerprint density at radius 1 is 1.47 bits per heavy atom. The first-order valence-electron chi connectivity index (χ1n) is 7.19. The summed E-state index contributed by atoms with van der Waals surface area (Å²) in [5.41, 5.74) is 6.87. The fraction of sp³-hybridized carbons (Fsp3) is 0.562. The van der Waals surface area contributed by atoms with Gasteiger partial charge in [0.2, 0.25) is 5.91 Å². The summed E-state index contributed by atoms with van der Waals surface area (Å²) in [4.78, 5) is 12.5. The van der Waals surface area contributed by atoms with Crippen LogP contribution >= 0.6 is 0 Å². The molecule has 1 aromatic carbocycles. The van der Waals surface area contributed by atoms with Gasteiger partial charge in [0.25, 0.3) is 0 Å². The van der Waals surface area contributed by atoms with E-state index in [9.17, 15) is 4.79 Å². The summed E-state index contributed by atoms with van der Waals surface area (Å²) in [7, 11) is 0. The Morgan fingerprint density at radius 2 is 2.16 bits per heavy atom. The first-order valence-corrected chi connectivity index (χ1v) is 7.19. The summed E-state index contributed by atoms with van der Waals surface area (Å²) in [6.45, 7) is 4.09. The molecule has 1 amide bonds.